The predicted octanol–water partition coefficient (Wildman–Crippen LogP) is 1.81. The number of nitrogen functional groups attached to an aromatic ring is 1. The maximum atomic E-state index is 11.6. The average molecular weight is 277 g/mol. The third kappa shape index (κ3) is 4.59. The summed E-state index contributed by atoms with van der Waals surface area (Å²) >= 11 is 1.52. The first-order valence-electron chi connectivity index (χ1n) is 5.87. The number of nitrogens with one attached hydrogen (secondary N) is 1. The van der Waals surface area contributed by atoms with E-state index in [0.717, 1.165) is 5.01 Å². The van der Waals surface area contributed by atoms with Crippen molar-refractivity contribution >= 4 is 22.9 Å². The fourth-order valence-electron chi connectivity index (χ4n) is 1.47. The maximum Gasteiger partial charge on any atom is 0.223 e. The highest BCUT2D eigenvalue weighted by Gasteiger charge is 2.03. The number of amides is 1. The first-order chi connectivity index (χ1) is 9.24. The van der Waals surface area contributed by atoms with Crippen LogP contribution in [0.3, 0.4) is 0 Å². The largest absolute Gasteiger partial charge is 0.493 e. The molecule has 6 heteroatoms. The lowest BCUT2D eigenvalue weighted by atomic mass is 10.3. The van der Waals surface area contributed by atoms with E-state index in [9.17, 15) is 4.79 Å². The van der Waals surface area contributed by atoms with Gasteiger partial charge in [0.15, 0.2) is 0 Å². The number of aromatic nitrogens is 1. The van der Waals surface area contributed by atoms with Crippen LogP contribution in [-0.2, 0) is 11.3 Å². The summed E-state index contributed by atoms with van der Waals surface area (Å²) in [5.74, 6) is 0.617. The molecule has 100 valence electrons. The van der Waals surface area contributed by atoms with Gasteiger partial charge in [0.1, 0.15) is 10.8 Å². The minimum absolute atomic E-state index is 0.0564. The third-order valence-corrected chi connectivity index (χ3v) is 3.16. The van der Waals surface area contributed by atoms with E-state index in [0.29, 0.717) is 31.0 Å². The van der Waals surface area contributed by atoms with Gasteiger partial charge in [0.2, 0.25) is 5.91 Å². The Kier molecular flexibility index (Phi) is 4.74. The zero-order chi connectivity index (χ0) is 13.5. The normalized spacial score (nSPS) is 10.1. The van der Waals surface area contributed by atoms with Crippen molar-refractivity contribution in [2.24, 2.45) is 0 Å². The van der Waals surface area contributed by atoms with Crippen molar-refractivity contribution in [1.29, 1.82) is 0 Å². The molecule has 0 unspecified atom stereocenters. The van der Waals surface area contributed by atoms with Gasteiger partial charge in [-0.2, -0.15) is 0 Å². The summed E-state index contributed by atoms with van der Waals surface area (Å²) in [4.78, 5) is 15.6. The highest BCUT2D eigenvalue weighted by molar-refractivity contribution is 7.09. The van der Waals surface area contributed by atoms with Crippen LogP contribution in [0.2, 0.25) is 0 Å². The van der Waals surface area contributed by atoms with Crippen LogP contribution < -0.4 is 15.8 Å². The zero-order valence-electron chi connectivity index (χ0n) is 10.3. The van der Waals surface area contributed by atoms with E-state index in [1.807, 2.05) is 17.5 Å². The molecule has 1 aromatic heterocycles. The summed E-state index contributed by atoms with van der Waals surface area (Å²) in [5, 5.41) is 5.56. The Labute approximate surface area is 115 Å². The lowest BCUT2D eigenvalue weighted by Gasteiger charge is -2.07. The van der Waals surface area contributed by atoms with Gasteiger partial charge in [-0.15, -0.1) is 11.3 Å². The van der Waals surface area contributed by atoms with Crippen LogP contribution in [0, 0.1) is 0 Å². The number of hydrogen-bond donors (Lipinski definition) is 2. The van der Waals surface area contributed by atoms with Crippen LogP contribution in [-0.4, -0.2) is 17.5 Å². The molecule has 1 aromatic carbocycles. The molecule has 0 radical (unpaired) electrons. The van der Waals surface area contributed by atoms with Crippen LogP contribution in [0.1, 0.15) is 11.4 Å². The Morgan fingerprint density at radius 3 is 3.11 bits per heavy atom. The van der Waals surface area contributed by atoms with Gasteiger partial charge < -0.3 is 15.8 Å². The van der Waals surface area contributed by atoms with Gasteiger partial charge in [-0.25, -0.2) is 4.98 Å². The second kappa shape index (κ2) is 6.75. The molecule has 2 rings (SSSR count). The molecule has 0 atom stereocenters. The molecule has 1 heterocycles. The Morgan fingerprint density at radius 2 is 2.37 bits per heavy atom. The number of benzene rings is 1. The maximum absolute atomic E-state index is 11.6. The Hall–Kier alpha value is -2.08. The van der Waals surface area contributed by atoms with Gasteiger partial charge in [-0.1, -0.05) is 6.07 Å². The van der Waals surface area contributed by atoms with E-state index >= 15 is 0 Å². The summed E-state index contributed by atoms with van der Waals surface area (Å²) in [6.07, 6.45) is 2.02. The number of nitrogens with two attached hydrogens (primary N) is 1. The molecule has 0 aliphatic carbocycles. The first-order valence-corrected chi connectivity index (χ1v) is 6.75. The van der Waals surface area contributed by atoms with Crippen LogP contribution in [0.4, 0.5) is 5.69 Å². The number of anilines is 1. The van der Waals surface area contributed by atoms with E-state index in [4.69, 9.17) is 10.5 Å². The van der Waals surface area contributed by atoms with Gasteiger partial charge in [0.25, 0.3) is 0 Å². The van der Waals surface area contributed by atoms with Gasteiger partial charge in [-0.05, 0) is 12.1 Å². The molecule has 5 nitrogen and oxygen atoms in total. The Bertz CT molecular complexity index is 528. The molecule has 0 aliphatic rings. The van der Waals surface area contributed by atoms with E-state index in [1.165, 1.54) is 11.3 Å². The molecule has 0 bridgehead atoms. The lowest BCUT2D eigenvalue weighted by Crippen LogP contribution is -2.24. The molecule has 0 aliphatic heterocycles. The van der Waals surface area contributed by atoms with Crippen molar-refractivity contribution in [2.75, 3.05) is 12.3 Å². The van der Waals surface area contributed by atoms with Gasteiger partial charge in [0, 0.05) is 23.3 Å². The smallest absolute Gasteiger partial charge is 0.223 e. The summed E-state index contributed by atoms with van der Waals surface area (Å²) in [6, 6.07) is 7.14. The standard InChI is InChI=1S/C13H15N3O2S/c14-10-2-1-3-11(8-10)18-6-4-12(17)16-9-13-15-5-7-19-13/h1-3,5,7-8H,4,6,9,14H2,(H,16,17). The number of thiazole rings is 1. The van der Waals surface area contributed by atoms with E-state index in [-0.39, 0.29) is 5.91 Å². The summed E-state index contributed by atoms with van der Waals surface area (Å²) < 4.78 is 5.44. The van der Waals surface area contributed by atoms with Crippen LogP contribution in [0.5, 0.6) is 5.75 Å². The molecular formula is C13H15N3O2S. The lowest BCUT2D eigenvalue weighted by molar-refractivity contribution is -0.121. The molecule has 0 spiro atoms. The number of hydrogen-bond acceptors (Lipinski definition) is 5. The van der Waals surface area contributed by atoms with Crippen molar-refractivity contribution in [3.63, 3.8) is 0 Å². The number of rotatable bonds is 6. The second-order valence-electron chi connectivity index (χ2n) is 3.87. The van der Waals surface area contributed by atoms with Crippen LogP contribution >= 0.6 is 11.3 Å². The van der Waals surface area contributed by atoms with Gasteiger partial charge in [-0.3, -0.25) is 4.79 Å². The topological polar surface area (TPSA) is 77.2 Å². The molecule has 2 aromatic rings. The zero-order valence-corrected chi connectivity index (χ0v) is 11.2. The van der Waals surface area contributed by atoms with E-state index < -0.39 is 0 Å². The SMILES string of the molecule is Nc1cccc(OCCC(=O)NCc2nccs2)c1. The van der Waals surface area contributed by atoms with Crippen molar-refractivity contribution in [2.45, 2.75) is 13.0 Å². The van der Waals surface area contributed by atoms with Gasteiger partial charge in [0.05, 0.1) is 19.6 Å². The summed E-state index contributed by atoms with van der Waals surface area (Å²) in [5.41, 5.74) is 6.27. The quantitative estimate of drug-likeness (QED) is 0.789. The van der Waals surface area contributed by atoms with Gasteiger partial charge >= 0.3 is 0 Å². The molecule has 0 fully saturated rings. The molecule has 19 heavy (non-hydrogen) atoms. The average Bonchev–Trinajstić information content (AvgIpc) is 2.89. The first kappa shape index (κ1) is 13.4. The minimum Gasteiger partial charge on any atom is -0.493 e. The number of nitrogens with zero attached hydrogens (tertiary/aromatic N) is 1. The summed E-state index contributed by atoms with van der Waals surface area (Å²) in [7, 11) is 0. The molecular weight excluding hydrogens is 262 g/mol. The van der Waals surface area contributed by atoms with Crippen molar-refractivity contribution in [3.8, 4) is 5.75 Å². The highest BCUT2D eigenvalue weighted by atomic mass is 32.1. The number of carbonyl (C=O) groups is 1. The van der Waals surface area contributed by atoms with Crippen molar-refractivity contribution < 1.29 is 9.53 Å². The molecule has 3 N–H and O–H groups in total. The minimum atomic E-state index is -0.0564. The van der Waals surface area contributed by atoms with Crippen molar-refractivity contribution in [3.05, 3.63) is 40.8 Å². The van der Waals surface area contributed by atoms with Crippen molar-refractivity contribution in [1.82, 2.24) is 10.3 Å². The fourth-order valence-corrected chi connectivity index (χ4v) is 2.02. The van der Waals surface area contributed by atoms with Crippen LogP contribution in [0.25, 0.3) is 0 Å². The molecule has 0 saturated carbocycles. The Morgan fingerprint density at radius 1 is 1.47 bits per heavy atom. The summed E-state index contributed by atoms with van der Waals surface area (Å²) in [6.45, 7) is 0.794. The highest BCUT2D eigenvalue weighted by Crippen LogP contribution is 2.14. The number of carbonyl (C=O) groups excluding carboxylic acids is 1. The van der Waals surface area contributed by atoms with Crippen LogP contribution in [0.15, 0.2) is 35.8 Å². The number of ether oxygens (including phenoxy) is 1. The second-order valence-corrected chi connectivity index (χ2v) is 4.85. The van der Waals surface area contributed by atoms with E-state index in [1.54, 1.807) is 18.3 Å². The predicted molar refractivity (Wildman–Crippen MR) is 74.9 cm³/mol. The molecule has 1 amide bonds. The van der Waals surface area contributed by atoms with E-state index in [2.05, 4.69) is 10.3 Å². The monoisotopic (exact) mass is 277 g/mol. The fraction of sp³-hybridized carbons (Fsp3) is 0.231. The Balaban J connectivity index is 1.66. The molecule has 0 saturated heterocycles. The third-order valence-electron chi connectivity index (χ3n) is 2.38.